The summed E-state index contributed by atoms with van der Waals surface area (Å²) in [7, 11) is 1.56. The van der Waals surface area contributed by atoms with Crippen LogP contribution in [-0.2, 0) is 5.41 Å². The van der Waals surface area contributed by atoms with Crippen molar-refractivity contribution in [2.45, 2.75) is 53.9 Å². The predicted octanol–water partition coefficient (Wildman–Crippen LogP) is 4.49. The van der Waals surface area contributed by atoms with Gasteiger partial charge < -0.3 is 15.4 Å². The van der Waals surface area contributed by atoms with E-state index in [9.17, 15) is 9.59 Å². The summed E-state index contributed by atoms with van der Waals surface area (Å²) >= 11 is 0. The van der Waals surface area contributed by atoms with Crippen molar-refractivity contribution in [2.75, 3.05) is 19.0 Å². The van der Waals surface area contributed by atoms with Crippen LogP contribution in [-0.4, -0.2) is 55.2 Å². The van der Waals surface area contributed by atoms with Crippen molar-refractivity contribution >= 4 is 17.5 Å². The molecule has 0 radical (unpaired) electrons. The first-order chi connectivity index (χ1) is 18.8. The Labute approximate surface area is 234 Å². The molecule has 2 aromatic carbocycles. The zero-order valence-corrected chi connectivity index (χ0v) is 24.2. The Hall–Kier alpha value is -4.54. The molecule has 0 unspecified atom stereocenters. The quantitative estimate of drug-likeness (QED) is 0.351. The molecule has 0 fully saturated rings. The summed E-state index contributed by atoms with van der Waals surface area (Å²) in [5.41, 5.74) is 4.07. The van der Waals surface area contributed by atoms with E-state index in [1.165, 1.54) is 4.68 Å². The second-order valence-electron chi connectivity index (χ2n) is 11.9. The number of aryl methyl sites for hydroxylation is 1. The minimum atomic E-state index is -0.330. The summed E-state index contributed by atoms with van der Waals surface area (Å²) in [4.78, 5) is 26.1. The summed E-state index contributed by atoms with van der Waals surface area (Å²) in [6.07, 6.45) is 4.72. The summed E-state index contributed by atoms with van der Waals surface area (Å²) in [5, 5.41) is 21.9. The maximum atomic E-state index is 13.5. The number of nitrogens with zero attached hydrogens (tertiary/aromatic N) is 6. The molecule has 2 N–H and O–H groups in total. The highest BCUT2D eigenvalue weighted by Crippen LogP contribution is 2.37. The number of aromatic nitrogens is 6. The largest absolute Gasteiger partial charge is 0.492 e. The van der Waals surface area contributed by atoms with E-state index in [-0.39, 0.29) is 28.3 Å². The Kier molecular flexibility index (Phi) is 7.77. The molecule has 0 spiro atoms. The van der Waals surface area contributed by atoms with Crippen LogP contribution in [0.15, 0.2) is 49.2 Å². The second-order valence-corrected chi connectivity index (χ2v) is 11.9. The Morgan fingerprint density at radius 3 is 2.27 bits per heavy atom. The maximum absolute atomic E-state index is 13.5. The van der Waals surface area contributed by atoms with Crippen LogP contribution in [0.3, 0.4) is 0 Å². The summed E-state index contributed by atoms with van der Waals surface area (Å²) in [5.74, 6) is -0.151. The van der Waals surface area contributed by atoms with Gasteiger partial charge in [0.1, 0.15) is 12.7 Å². The van der Waals surface area contributed by atoms with Crippen molar-refractivity contribution in [3.05, 3.63) is 71.6 Å². The van der Waals surface area contributed by atoms with Crippen LogP contribution in [0.1, 0.15) is 73.5 Å². The Morgan fingerprint density at radius 1 is 0.950 bits per heavy atom. The van der Waals surface area contributed by atoms with Crippen molar-refractivity contribution in [3.63, 3.8) is 0 Å². The third-order valence-electron chi connectivity index (χ3n) is 6.31. The molecule has 0 saturated carbocycles. The van der Waals surface area contributed by atoms with E-state index in [1.54, 1.807) is 42.7 Å². The van der Waals surface area contributed by atoms with E-state index in [1.807, 2.05) is 45.9 Å². The van der Waals surface area contributed by atoms with Gasteiger partial charge in [0.2, 0.25) is 0 Å². The molecule has 0 aliphatic heterocycles. The van der Waals surface area contributed by atoms with Crippen molar-refractivity contribution in [1.82, 2.24) is 35.1 Å². The van der Waals surface area contributed by atoms with Gasteiger partial charge in [-0.3, -0.25) is 14.2 Å². The first kappa shape index (κ1) is 28.5. The van der Waals surface area contributed by atoms with Gasteiger partial charge in [0.25, 0.3) is 11.8 Å². The predicted molar refractivity (Wildman–Crippen MR) is 152 cm³/mol. The van der Waals surface area contributed by atoms with Crippen LogP contribution in [0.25, 0.3) is 11.4 Å². The van der Waals surface area contributed by atoms with Crippen molar-refractivity contribution in [1.29, 1.82) is 0 Å². The minimum Gasteiger partial charge on any atom is -0.492 e. The molecule has 11 heteroatoms. The van der Waals surface area contributed by atoms with Gasteiger partial charge in [-0.05, 0) is 53.1 Å². The number of nitrogens with one attached hydrogen (secondary N) is 2. The monoisotopic (exact) mass is 544 g/mol. The SMILES string of the molecule is COc1c(NC(=O)c2ccc(C)c(-n3cc(C(=O)NCC(C)(C)C)nn3)c2)cc(C(C)(C)C)cc1-n1cnnc1. The molecule has 2 aromatic heterocycles. The minimum absolute atomic E-state index is 0.0601. The standard InChI is InChI=1S/C29H36N8O3/c1-18-9-10-19(11-23(18)37-14-22(34-35-37)27(39)30-15-28(2,3)4)26(38)33-21-12-20(29(5,6)7)13-24(25(21)40-8)36-16-31-32-17-36/h9-14,16-17H,15H2,1-8H3,(H,30,39)(H,33,38). The molecule has 0 aliphatic rings. The number of hydrogen-bond donors (Lipinski definition) is 2. The summed E-state index contributed by atoms with van der Waals surface area (Å²) in [6.45, 7) is 14.8. The van der Waals surface area contributed by atoms with Gasteiger partial charge >= 0.3 is 0 Å². The van der Waals surface area contributed by atoms with E-state index in [0.717, 1.165) is 11.1 Å². The van der Waals surface area contributed by atoms with E-state index in [4.69, 9.17) is 4.74 Å². The van der Waals surface area contributed by atoms with Crippen LogP contribution in [0.4, 0.5) is 5.69 Å². The summed E-state index contributed by atoms with van der Waals surface area (Å²) < 4.78 is 8.98. The van der Waals surface area contributed by atoms with Crippen molar-refractivity contribution in [3.8, 4) is 17.1 Å². The average Bonchev–Trinajstić information content (AvgIpc) is 3.59. The first-order valence-electron chi connectivity index (χ1n) is 13.0. The van der Waals surface area contributed by atoms with Gasteiger partial charge in [-0.1, -0.05) is 52.8 Å². The highest BCUT2D eigenvalue weighted by molar-refractivity contribution is 6.06. The van der Waals surface area contributed by atoms with E-state index in [2.05, 4.69) is 51.9 Å². The molecule has 0 saturated heterocycles. The van der Waals surface area contributed by atoms with E-state index < -0.39 is 0 Å². The van der Waals surface area contributed by atoms with Crippen LogP contribution in [0.5, 0.6) is 5.75 Å². The van der Waals surface area contributed by atoms with Crippen LogP contribution in [0, 0.1) is 12.3 Å². The second kappa shape index (κ2) is 10.9. The highest BCUT2D eigenvalue weighted by atomic mass is 16.5. The lowest BCUT2D eigenvalue weighted by molar-refractivity contribution is 0.0933. The molecular formula is C29H36N8O3. The number of anilines is 1. The average molecular weight is 545 g/mol. The van der Waals surface area contributed by atoms with Gasteiger partial charge in [0.15, 0.2) is 11.4 Å². The smallest absolute Gasteiger partial charge is 0.273 e. The highest BCUT2D eigenvalue weighted by Gasteiger charge is 2.23. The van der Waals surface area contributed by atoms with Gasteiger partial charge in [0, 0.05) is 12.1 Å². The number of benzene rings is 2. The number of carbonyl (C=O) groups excluding carboxylic acids is 2. The molecular weight excluding hydrogens is 508 g/mol. The number of amides is 2. The van der Waals surface area contributed by atoms with Crippen LogP contribution >= 0.6 is 0 Å². The fraction of sp³-hybridized carbons (Fsp3) is 0.379. The topological polar surface area (TPSA) is 129 Å². The molecule has 2 amide bonds. The first-order valence-corrected chi connectivity index (χ1v) is 13.0. The zero-order chi connectivity index (χ0) is 29.2. The molecule has 4 aromatic rings. The third kappa shape index (κ3) is 6.36. The van der Waals surface area contributed by atoms with Crippen molar-refractivity contribution in [2.24, 2.45) is 5.41 Å². The lowest BCUT2D eigenvalue weighted by Gasteiger charge is -2.24. The number of rotatable bonds is 7. The lowest BCUT2D eigenvalue weighted by atomic mass is 9.86. The van der Waals surface area contributed by atoms with Gasteiger partial charge in [0.05, 0.1) is 30.4 Å². The third-order valence-corrected chi connectivity index (χ3v) is 6.31. The van der Waals surface area contributed by atoms with Crippen molar-refractivity contribution < 1.29 is 14.3 Å². The lowest BCUT2D eigenvalue weighted by Crippen LogP contribution is -2.32. The normalized spacial score (nSPS) is 11.8. The number of hydrogen-bond acceptors (Lipinski definition) is 7. The Balaban J connectivity index is 1.65. The maximum Gasteiger partial charge on any atom is 0.273 e. The Bertz CT molecular complexity index is 1530. The van der Waals surface area contributed by atoms with Gasteiger partial charge in [-0.15, -0.1) is 15.3 Å². The molecule has 0 bridgehead atoms. The molecule has 2 heterocycles. The van der Waals surface area contributed by atoms with Gasteiger partial charge in [-0.2, -0.15) is 0 Å². The number of carbonyl (C=O) groups is 2. The van der Waals surface area contributed by atoms with Gasteiger partial charge in [-0.25, -0.2) is 4.68 Å². The molecule has 4 rings (SSSR count). The molecule has 40 heavy (non-hydrogen) atoms. The fourth-order valence-corrected chi connectivity index (χ4v) is 3.98. The molecule has 210 valence electrons. The van der Waals surface area contributed by atoms with Crippen LogP contribution < -0.4 is 15.4 Å². The van der Waals surface area contributed by atoms with E-state index in [0.29, 0.717) is 34.9 Å². The Morgan fingerprint density at radius 2 is 1.65 bits per heavy atom. The number of ether oxygens (including phenoxy) is 1. The fourth-order valence-electron chi connectivity index (χ4n) is 3.98. The number of methoxy groups -OCH3 is 1. The van der Waals surface area contributed by atoms with Crippen LogP contribution in [0.2, 0.25) is 0 Å². The molecule has 0 aliphatic carbocycles. The molecule has 0 atom stereocenters. The zero-order valence-electron chi connectivity index (χ0n) is 24.2. The molecule has 11 nitrogen and oxygen atoms in total. The summed E-state index contributed by atoms with van der Waals surface area (Å²) in [6, 6.07) is 9.21. The van der Waals surface area contributed by atoms with E-state index >= 15 is 0 Å².